The molecule has 1 aliphatic carbocycles. The minimum atomic E-state index is -0.822. The molecule has 0 spiro atoms. The summed E-state index contributed by atoms with van der Waals surface area (Å²) in [5.41, 5.74) is 0.827. The minimum absolute atomic E-state index is 0.201. The zero-order chi connectivity index (χ0) is 16.2. The number of carboxylic acid groups (broad SMARTS) is 1. The van der Waals surface area contributed by atoms with Crippen molar-refractivity contribution < 1.29 is 14.7 Å². The molecular weight excluding hydrogens is 312 g/mol. The smallest absolute Gasteiger partial charge is 0.321 e. The Labute approximate surface area is 140 Å². The van der Waals surface area contributed by atoms with Crippen LogP contribution in [0.1, 0.15) is 32.1 Å². The van der Waals surface area contributed by atoms with Gasteiger partial charge in [0.25, 0.3) is 0 Å². The molecule has 1 unspecified atom stereocenters. The summed E-state index contributed by atoms with van der Waals surface area (Å²) in [6, 6.07) is 7.66. The molecule has 1 saturated carbocycles. The summed E-state index contributed by atoms with van der Waals surface area (Å²) in [5, 5.41) is 12.6. The van der Waals surface area contributed by atoms with Crippen LogP contribution >= 0.6 is 11.8 Å². The topological polar surface area (TPSA) is 69.6 Å². The van der Waals surface area contributed by atoms with Crippen LogP contribution in [0, 0.1) is 5.92 Å². The molecule has 2 aliphatic rings. The van der Waals surface area contributed by atoms with E-state index in [1.165, 1.54) is 25.7 Å². The van der Waals surface area contributed by atoms with Gasteiger partial charge in [-0.15, -0.1) is 11.8 Å². The van der Waals surface area contributed by atoms with Crippen molar-refractivity contribution in [2.24, 2.45) is 5.92 Å². The second-order valence-corrected chi connectivity index (χ2v) is 7.56. The second-order valence-electron chi connectivity index (χ2n) is 6.22. The Bertz CT molecular complexity index is 587. The van der Waals surface area contributed by atoms with Crippen molar-refractivity contribution in [3.8, 4) is 0 Å². The van der Waals surface area contributed by atoms with Crippen molar-refractivity contribution in [3.05, 3.63) is 24.3 Å². The van der Waals surface area contributed by atoms with Crippen LogP contribution in [0.25, 0.3) is 0 Å². The van der Waals surface area contributed by atoms with Crippen LogP contribution in [0.5, 0.6) is 0 Å². The minimum Gasteiger partial charge on any atom is -0.481 e. The summed E-state index contributed by atoms with van der Waals surface area (Å²) in [7, 11) is 0. The molecule has 1 aromatic carbocycles. The number of likely N-dealkylation sites (tertiary alicyclic amines) is 1. The van der Waals surface area contributed by atoms with Gasteiger partial charge in [0.05, 0.1) is 11.6 Å². The molecule has 1 saturated heterocycles. The molecule has 1 aliphatic heterocycles. The molecule has 23 heavy (non-hydrogen) atoms. The Balaban J connectivity index is 1.63. The summed E-state index contributed by atoms with van der Waals surface area (Å²) in [6.07, 6.45) is 5.58. The van der Waals surface area contributed by atoms with Crippen LogP contribution in [0.2, 0.25) is 0 Å². The van der Waals surface area contributed by atoms with Gasteiger partial charge in [0, 0.05) is 23.2 Å². The van der Waals surface area contributed by atoms with E-state index in [0.29, 0.717) is 24.8 Å². The highest BCUT2D eigenvalue weighted by molar-refractivity contribution is 8.00. The number of carbonyl (C=O) groups is 2. The van der Waals surface area contributed by atoms with Crippen molar-refractivity contribution in [1.82, 2.24) is 4.90 Å². The Morgan fingerprint density at radius 2 is 1.91 bits per heavy atom. The molecule has 1 heterocycles. The second kappa shape index (κ2) is 7.25. The van der Waals surface area contributed by atoms with Crippen molar-refractivity contribution in [2.75, 3.05) is 18.4 Å². The highest BCUT2D eigenvalue weighted by atomic mass is 32.2. The summed E-state index contributed by atoms with van der Waals surface area (Å²) >= 11 is 1.84. The first-order valence-electron chi connectivity index (χ1n) is 8.18. The van der Waals surface area contributed by atoms with Gasteiger partial charge in [0.1, 0.15) is 0 Å². The van der Waals surface area contributed by atoms with Crippen molar-refractivity contribution >= 4 is 29.4 Å². The fourth-order valence-electron chi connectivity index (χ4n) is 3.20. The van der Waals surface area contributed by atoms with E-state index < -0.39 is 11.9 Å². The first-order chi connectivity index (χ1) is 11.1. The predicted molar refractivity (Wildman–Crippen MR) is 90.9 cm³/mol. The van der Waals surface area contributed by atoms with E-state index in [9.17, 15) is 9.59 Å². The van der Waals surface area contributed by atoms with E-state index in [1.807, 2.05) is 36.0 Å². The quantitative estimate of drug-likeness (QED) is 0.881. The third-order valence-electron chi connectivity index (χ3n) is 4.55. The van der Waals surface area contributed by atoms with Gasteiger partial charge in [-0.2, -0.15) is 0 Å². The van der Waals surface area contributed by atoms with E-state index in [1.54, 1.807) is 4.90 Å². The van der Waals surface area contributed by atoms with Crippen molar-refractivity contribution in [3.63, 3.8) is 0 Å². The summed E-state index contributed by atoms with van der Waals surface area (Å²) < 4.78 is 0. The molecule has 0 aromatic heterocycles. The van der Waals surface area contributed by atoms with Gasteiger partial charge < -0.3 is 15.3 Å². The maximum atomic E-state index is 12.4. The molecule has 0 radical (unpaired) electrons. The van der Waals surface area contributed by atoms with Crippen molar-refractivity contribution in [2.45, 2.75) is 42.2 Å². The number of nitrogens with one attached hydrogen (secondary N) is 1. The third-order valence-corrected chi connectivity index (χ3v) is 5.96. The molecule has 1 aromatic rings. The molecule has 0 bridgehead atoms. The number of rotatable bonds is 4. The van der Waals surface area contributed by atoms with Gasteiger partial charge in [-0.1, -0.05) is 25.0 Å². The zero-order valence-electron chi connectivity index (χ0n) is 13.0. The molecule has 3 rings (SSSR count). The van der Waals surface area contributed by atoms with Gasteiger partial charge in [-0.3, -0.25) is 4.79 Å². The number of hydrogen-bond acceptors (Lipinski definition) is 3. The van der Waals surface area contributed by atoms with Crippen LogP contribution in [0.4, 0.5) is 10.5 Å². The molecular formula is C17H22N2O3S. The fourth-order valence-corrected chi connectivity index (χ4v) is 4.53. The van der Waals surface area contributed by atoms with Crippen LogP contribution in [0.15, 0.2) is 29.2 Å². The molecule has 2 fully saturated rings. The molecule has 124 valence electrons. The number of hydrogen-bond donors (Lipinski definition) is 2. The standard InChI is InChI=1S/C17H22N2O3S/c20-16(21)12-9-10-19(11-12)17(22)18-14-7-3-4-8-15(14)23-13-5-1-2-6-13/h3-4,7-8,12-13H,1-2,5-6,9-11H2,(H,18,22)(H,20,21). The lowest BCUT2D eigenvalue weighted by molar-refractivity contribution is -0.141. The Morgan fingerprint density at radius 1 is 1.17 bits per heavy atom. The van der Waals surface area contributed by atoms with Crippen LogP contribution < -0.4 is 5.32 Å². The van der Waals surface area contributed by atoms with E-state index in [0.717, 1.165) is 10.6 Å². The maximum absolute atomic E-state index is 12.4. The lowest BCUT2D eigenvalue weighted by atomic mass is 10.1. The number of thioether (sulfide) groups is 1. The van der Waals surface area contributed by atoms with E-state index in [-0.39, 0.29) is 6.03 Å². The first kappa shape index (κ1) is 16.2. The fraction of sp³-hybridized carbons (Fsp3) is 0.529. The van der Waals surface area contributed by atoms with Gasteiger partial charge in [0.2, 0.25) is 0 Å². The van der Waals surface area contributed by atoms with E-state index >= 15 is 0 Å². The maximum Gasteiger partial charge on any atom is 0.321 e. The largest absolute Gasteiger partial charge is 0.481 e. The number of urea groups is 1. The predicted octanol–water partition coefficient (Wildman–Crippen LogP) is 3.66. The normalized spacial score (nSPS) is 21.6. The molecule has 6 heteroatoms. The molecule has 1 atom stereocenters. The van der Waals surface area contributed by atoms with E-state index in [2.05, 4.69) is 5.32 Å². The number of carbonyl (C=O) groups excluding carboxylic acids is 1. The summed E-state index contributed by atoms with van der Waals surface area (Å²) in [4.78, 5) is 26.1. The molecule has 2 amide bonds. The number of aliphatic carboxylic acids is 1. The van der Waals surface area contributed by atoms with Gasteiger partial charge in [-0.25, -0.2) is 4.79 Å². The average molecular weight is 334 g/mol. The molecule has 5 nitrogen and oxygen atoms in total. The number of anilines is 1. The Kier molecular flexibility index (Phi) is 5.10. The molecule has 2 N–H and O–H groups in total. The monoisotopic (exact) mass is 334 g/mol. The summed E-state index contributed by atoms with van der Waals surface area (Å²) in [5.74, 6) is -1.26. The van der Waals surface area contributed by atoms with Crippen LogP contribution in [-0.2, 0) is 4.79 Å². The highest BCUT2D eigenvalue weighted by Crippen LogP contribution is 2.38. The number of carboxylic acids is 1. The number of benzene rings is 1. The SMILES string of the molecule is O=C(O)C1CCN(C(=O)Nc2ccccc2SC2CCCC2)C1. The van der Waals surface area contributed by atoms with E-state index in [4.69, 9.17) is 5.11 Å². The lowest BCUT2D eigenvalue weighted by Gasteiger charge is -2.19. The number of nitrogens with zero attached hydrogens (tertiary/aromatic N) is 1. The van der Waals surface area contributed by atoms with Gasteiger partial charge >= 0.3 is 12.0 Å². The highest BCUT2D eigenvalue weighted by Gasteiger charge is 2.31. The first-order valence-corrected chi connectivity index (χ1v) is 9.06. The Morgan fingerprint density at radius 3 is 2.61 bits per heavy atom. The lowest BCUT2D eigenvalue weighted by Crippen LogP contribution is -2.33. The van der Waals surface area contributed by atoms with Crippen molar-refractivity contribution in [1.29, 1.82) is 0 Å². The Hall–Kier alpha value is -1.69. The third kappa shape index (κ3) is 3.99. The van der Waals surface area contributed by atoms with Crippen LogP contribution in [-0.4, -0.2) is 40.3 Å². The van der Waals surface area contributed by atoms with Crippen LogP contribution in [0.3, 0.4) is 0 Å². The van der Waals surface area contributed by atoms with Gasteiger partial charge in [0.15, 0.2) is 0 Å². The average Bonchev–Trinajstić information content (AvgIpc) is 3.20. The summed E-state index contributed by atoms with van der Waals surface area (Å²) in [6.45, 7) is 0.792. The van der Waals surface area contributed by atoms with Gasteiger partial charge in [-0.05, 0) is 31.4 Å². The zero-order valence-corrected chi connectivity index (χ0v) is 13.8. The number of para-hydroxylation sites is 1. The number of amides is 2.